The number of amides is 1. The lowest BCUT2D eigenvalue weighted by Crippen LogP contribution is -2.23. The number of benzene rings is 1. The summed E-state index contributed by atoms with van der Waals surface area (Å²) >= 11 is 0. The molecule has 3 N–H and O–H groups in total. The van der Waals surface area contributed by atoms with Gasteiger partial charge in [0.05, 0.1) is 6.20 Å². The monoisotopic (exact) mass is 228 g/mol. The highest BCUT2D eigenvalue weighted by Crippen LogP contribution is 2.05. The lowest BCUT2D eigenvalue weighted by molar-refractivity contribution is 0.0945. The number of nitrogens with zero attached hydrogens (tertiary/aromatic N) is 2. The predicted molar refractivity (Wildman–Crippen MR) is 64.1 cm³/mol. The van der Waals surface area contributed by atoms with Crippen LogP contribution in [0, 0.1) is 0 Å². The zero-order chi connectivity index (χ0) is 12.1. The summed E-state index contributed by atoms with van der Waals surface area (Å²) in [5, 5.41) is 2.75. The second kappa shape index (κ2) is 5.07. The molecule has 5 heteroatoms. The molecule has 0 spiro atoms. The van der Waals surface area contributed by atoms with E-state index in [4.69, 9.17) is 5.73 Å². The summed E-state index contributed by atoms with van der Waals surface area (Å²) in [7, 11) is 0. The minimum atomic E-state index is -0.241. The standard InChI is InChI=1S/C12H12N4O/c13-10-3-1-9(2-4-10)7-16-12(17)11-8-14-5-6-15-11/h1-6,8H,7,13H2,(H,16,17). The van der Waals surface area contributed by atoms with Gasteiger partial charge in [-0.1, -0.05) is 12.1 Å². The Bertz CT molecular complexity index is 496. The molecule has 1 amide bonds. The smallest absolute Gasteiger partial charge is 0.271 e. The van der Waals surface area contributed by atoms with Crippen molar-refractivity contribution in [2.45, 2.75) is 6.54 Å². The summed E-state index contributed by atoms with van der Waals surface area (Å²) in [5.41, 5.74) is 7.56. The molecule has 0 aliphatic heterocycles. The van der Waals surface area contributed by atoms with Gasteiger partial charge in [0.1, 0.15) is 5.69 Å². The number of nitrogens with one attached hydrogen (secondary N) is 1. The summed E-state index contributed by atoms with van der Waals surface area (Å²) in [5.74, 6) is -0.241. The first-order valence-corrected chi connectivity index (χ1v) is 5.14. The summed E-state index contributed by atoms with van der Waals surface area (Å²) in [6.45, 7) is 0.440. The topological polar surface area (TPSA) is 80.9 Å². The molecule has 0 fully saturated rings. The average molecular weight is 228 g/mol. The van der Waals surface area contributed by atoms with E-state index < -0.39 is 0 Å². The largest absolute Gasteiger partial charge is 0.399 e. The minimum Gasteiger partial charge on any atom is -0.399 e. The Kier molecular flexibility index (Phi) is 3.30. The summed E-state index contributed by atoms with van der Waals surface area (Å²) < 4.78 is 0. The van der Waals surface area contributed by atoms with Crippen LogP contribution < -0.4 is 11.1 Å². The molecule has 0 atom stereocenters. The maximum atomic E-state index is 11.6. The number of nitrogen functional groups attached to an aromatic ring is 1. The van der Waals surface area contributed by atoms with E-state index in [1.165, 1.54) is 18.6 Å². The van der Waals surface area contributed by atoms with Crippen molar-refractivity contribution < 1.29 is 4.79 Å². The van der Waals surface area contributed by atoms with Crippen LogP contribution in [0.3, 0.4) is 0 Å². The molecule has 0 radical (unpaired) electrons. The third kappa shape index (κ3) is 3.01. The second-order valence-electron chi connectivity index (χ2n) is 3.51. The van der Waals surface area contributed by atoms with Crippen molar-refractivity contribution >= 4 is 11.6 Å². The van der Waals surface area contributed by atoms with Crippen molar-refractivity contribution in [1.82, 2.24) is 15.3 Å². The zero-order valence-electron chi connectivity index (χ0n) is 9.13. The predicted octanol–water partition coefficient (Wildman–Crippen LogP) is 0.989. The first-order chi connectivity index (χ1) is 8.25. The van der Waals surface area contributed by atoms with Gasteiger partial charge in [-0.25, -0.2) is 4.98 Å². The molecule has 1 heterocycles. The van der Waals surface area contributed by atoms with E-state index in [2.05, 4.69) is 15.3 Å². The van der Waals surface area contributed by atoms with Crippen LogP contribution in [-0.2, 0) is 6.54 Å². The van der Waals surface area contributed by atoms with Crippen molar-refractivity contribution in [3.8, 4) is 0 Å². The highest BCUT2D eigenvalue weighted by molar-refractivity contribution is 5.91. The van der Waals surface area contributed by atoms with Crippen LogP contribution in [0.25, 0.3) is 0 Å². The average Bonchev–Trinajstić information content (AvgIpc) is 2.39. The maximum Gasteiger partial charge on any atom is 0.271 e. The number of carbonyl (C=O) groups is 1. The quantitative estimate of drug-likeness (QED) is 0.767. The Labute approximate surface area is 98.7 Å². The van der Waals surface area contributed by atoms with Crippen molar-refractivity contribution in [3.05, 3.63) is 54.1 Å². The van der Waals surface area contributed by atoms with Crippen LogP contribution in [-0.4, -0.2) is 15.9 Å². The van der Waals surface area contributed by atoms with Gasteiger partial charge in [-0.05, 0) is 17.7 Å². The fraction of sp³-hybridized carbons (Fsp3) is 0.0833. The first kappa shape index (κ1) is 11.1. The summed E-state index contributed by atoms with van der Waals surface area (Å²) in [4.78, 5) is 19.4. The van der Waals surface area contributed by atoms with E-state index in [1.807, 2.05) is 12.1 Å². The van der Waals surface area contributed by atoms with Crippen LogP contribution in [0.15, 0.2) is 42.9 Å². The van der Waals surface area contributed by atoms with Crippen molar-refractivity contribution in [1.29, 1.82) is 0 Å². The summed E-state index contributed by atoms with van der Waals surface area (Å²) in [6, 6.07) is 7.33. The van der Waals surface area contributed by atoms with Gasteiger partial charge in [-0.2, -0.15) is 0 Å². The van der Waals surface area contributed by atoms with Gasteiger partial charge in [0.15, 0.2) is 0 Å². The number of nitrogens with two attached hydrogens (primary N) is 1. The molecular formula is C12H12N4O. The van der Waals surface area contributed by atoms with Gasteiger partial charge in [0, 0.05) is 24.6 Å². The molecular weight excluding hydrogens is 216 g/mol. The van der Waals surface area contributed by atoms with Crippen molar-refractivity contribution in [2.24, 2.45) is 0 Å². The van der Waals surface area contributed by atoms with E-state index in [0.717, 1.165) is 5.56 Å². The lowest BCUT2D eigenvalue weighted by Gasteiger charge is -2.04. The molecule has 0 saturated carbocycles. The third-order valence-corrected chi connectivity index (χ3v) is 2.23. The minimum absolute atomic E-state index is 0.241. The molecule has 17 heavy (non-hydrogen) atoms. The number of rotatable bonds is 3. The molecule has 0 saturated heterocycles. The number of hydrogen-bond donors (Lipinski definition) is 2. The molecule has 2 aromatic rings. The highest BCUT2D eigenvalue weighted by atomic mass is 16.1. The third-order valence-electron chi connectivity index (χ3n) is 2.23. The van der Waals surface area contributed by atoms with Gasteiger partial charge in [-0.15, -0.1) is 0 Å². The highest BCUT2D eigenvalue weighted by Gasteiger charge is 2.05. The molecule has 0 aliphatic carbocycles. The normalized spacial score (nSPS) is 9.88. The zero-order valence-corrected chi connectivity index (χ0v) is 9.13. The van der Waals surface area contributed by atoms with Crippen LogP contribution in [0.5, 0.6) is 0 Å². The fourth-order valence-electron chi connectivity index (χ4n) is 1.32. The molecule has 1 aromatic carbocycles. The van der Waals surface area contributed by atoms with Crippen LogP contribution in [0.1, 0.15) is 16.1 Å². The van der Waals surface area contributed by atoms with Crippen molar-refractivity contribution in [2.75, 3.05) is 5.73 Å². The van der Waals surface area contributed by atoms with E-state index in [1.54, 1.807) is 12.1 Å². The van der Waals surface area contributed by atoms with E-state index in [-0.39, 0.29) is 5.91 Å². The Morgan fingerprint density at radius 3 is 2.65 bits per heavy atom. The number of aromatic nitrogens is 2. The van der Waals surface area contributed by atoms with Crippen LogP contribution >= 0.6 is 0 Å². The number of carbonyl (C=O) groups excluding carboxylic acids is 1. The SMILES string of the molecule is Nc1ccc(CNC(=O)c2cnccn2)cc1. The molecule has 0 unspecified atom stereocenters. The first-order valence-electron chi connectivity index (χ1n) is 5.14. The number of anilines is 1. The van der Waals surface area contributed by atoms with E-state index >= 15 is 0 Å². The molecule has 0 bridgehead atoms. The fourth-order valence-corrected chi connectivity index (χ4v) is 1.32. The number of hydrogen-bond acceptors (Lipinski definition) is 4. The van der Waals surface area contributed by atoms with Gasteiger partial charge >= 0.3 is 0 Å². The van der Waals surface area contributed by atoms with Crippen LogP contribution in [0.2, 0.25) is 0 Å². The second-order valence-corrected chi connectivity index (χ2v) is 3.51. The lowest BCUT2D eigenvalue weighted by atomic mass is 10.2. The van der Waals surface area contributed by atoms with Crippen LogP contribution in [0.4, 0.5) is 5.69 Å². The molecule has 2 rings (SSSR count). The van der Waals surface area contributed by atoms with Crippen molar-refractivity contribution in [3.63, 3.8) is 0 Å². The van der Waals surface area contributed by atoms with Gasteiger partial charge in [-0.3, -0.25) is 9.78 Å². The van der Waals surface area contributed by atoms with Gasteiger partial charge in [0.2, 0.25) is 0 Å². The molecule has 1 aromatic heterocycles. The van der Waals surface area contributed by atoms with Gasteiger partial charge in [0.25, 0.3) is 5.91 Å². The molecule has 0 aliphatic rings. The van der Waals surface area contributed by atoms with E-state index in [9.17, 15) is 4.79 Å². The van der Waals surface area contributed by atoms with Gasteiger partial charge < -0.3 is 11.1 Å². The Morgan fingerprint density at radius 1 is 1.24 bits per heavy atom. The Hall–Kier alpha value is -2.43. The van der Waals surface area contributed by atoms with E-state index in [0.29, 0.717) is 17.9 Å². The molecule has 86 valence electrons. The molecule has 5 nitrogen and oxygen atoms in total. The Balaban J connectivity index is 1.95. The summed E-state index contributed by atoms with van der Waals surface area (Å²) in [6.07, 6.45) is 4.44. The maximum absolute atomic E-state index is 11.6. The Morgan fingerprint density at radius 2 is 2.00 bits per heavy atom.